The second-order valence-electron chi connectivity index (χ2n) is 8.89. The van der Waals surface area contributed by atoms with Gasteiger partial charge in [-0.05, 0) is 54.5 Å². The number of carbonyl (C=O) groups excluding carboxylic acids is 2. The van der Waals surface area contributed by atoms with E-state index in [4.69, 9.17) is 9.47 Å². The van der Waals surface area contributed by atoms with E-state index in [1.54, 1.807) is 26.2 Å². The number of amides is 2. The predicted octanol–water partition coefficient (Wildman–Crippen LogP) is 5.68. The van der Waals surface area contributed by atoms with Crippen LogP contribution in [0, 0.1) is 10.1 Å². The van der Waals surface area contributed by atoms with Gasteiger partial charge in [-0.25, -0.2) is 14.6 Å². The van der Waals surface area contributed by atoms with Crippen molar-refractivity contribution in [3.05, 3.63) is 33.7 Å². The fraction of sp³-hybridized carbons (Fsp3) is 0.476. The Morgan fingerprint density at radius 1 is 1.22 bits per heavy atom. The molecule has 2 rings (SSSR count). The first-order chi connectivity index (χ1) is 14.7. The molecule has 2 amide bonds. The van der Waals surface area contributed by atoms with Crippen LogP contribution in [-0.2, 0) is 4.74 Å². The fourth-order valence-corrected chi connectivity index (χ4v) is 3.49. The molecule has 2 aromatic rings. The molecule has 1 N–H and O–H groups in total. The van der Waals surface area contributed by atoms with E-state index in [0.717, 1.165) is 11.3 Å². The number of aromatic nitrogens is 1. The molecule has 32 heavy (non-hydrogen) atoms. The van der Waals surface area contributed by atoms with E-state index in [9.17, 15) is 19.7 Å². The topological polar surface area (TPSA) is 124 Å². The first kappa shape index (κ1) is 25.1. The van der Waals surface area contributed by atoms with Gasteiger partial charge in [0.25, 0.3) is 5.69 Å². The molecule has 0 unspecified atom stereocenters. The summed E-state index contributed by atoms with van der Waals surface area (Å²) in [5.41, 5.74) is -0.767. The molecule has 0 spiro atoms. The van der Waals surface area contributed by atoms with E-state index in [1.165, 1.54) is 23.1 Å². The molecular weight excluding hydrogens is 436 g/mol. The summed E-state index contributed by atoms with van der Waals surface area (Å²) in [7, 11) is 0. The summed E-state index contributed by atoms with van der Waals surface area (Å²) in [5, 5.41) is 15.7. The van der Waals surface area contributed by atoms with Crippen molar-refractivity contribution in [1.82, 2.24) is 9.88 Å². The number of benzene rings is 1. The zero-order valence-corrected chi connectivity index (χ0v) is 20.0. The average molecular weight is 465 g/mol. The lowest BCUT2D eigenvalue weighted by Gasteiger charge is -2.33. The number of hydrogen-bond acceptors (Lipinski definition) is 8. The number of thiazole rings is 1. The van der Waals surface area contributed by atoms with Crippen molar-refractivity contribution in [2.45, 2.75) is 59.6 Å². The number of rotatable bonds is 5. The summed E-state index contributed by atoms with van der Waals surface area (Å²) in [6.45, 7) is 13.1. The highest BCUT2D eigenvalue weighted by atomic mass is 32.1. The average Bonchev–Trinajstić information content (AvgIpc) is 3.07. The molecule has 0 saturated heterocycles. The molecule has 0 aliphatic rings. The van der Waals surface area contributed by atoms with Gasteiger partial charge >= 0.3 is 12.2 Å². The number of hydrogen-bond donors (Lipinski definition) is 1. The summed E-state index contributed by atoms with van der Waals surface area (Å²) >= 11 is 1.11. The van der Waals surface area contributed by atoms with Crippen LogP contribution in [0.2, 0.25) is 0 Å². The standard InChI is InChI=1S/C21H28N4O6S/c1-8-24(20(2,3)4)19(27)30-16-10-9-13(25(28)29)11-14(16)15-12-32-17(22-15)23-18(26)31-21(5,6)7/h9-12H,8H2,1-7H3,(H,22,23,26). The highest BCUT2D eigenvalue weighted by Crippen LogP contribution is 2.36. The summed E-state index contributed by atoms with van der Waals surface area (Å²) in [6, 6.07) is 3.90. The number of nitrogens with one attached hydrogen (secondary N) is 1. The molecule has 1 aromatic carbocycles. The molecule has 0 fully saturated rings. The molecule has 174 valence electrons. The Bertz CT molecular complexity index is 1010. The van der Waals surface area contributed by atoms with Gasteiger partial charge < -0.3 is 14.4 Å². The van der Waals surface area contributed by atoms with Gasteiger partial charge in [-0.15, -0.1) is 11.3 Å². The normalized spacial score (nSPS) is 11.6. The van der Waals surface area contributed by atoms with E-state index >= 15 is 0 Å². The maximum atomic E-state index is 12.8. The molecule has 0 aliphatic carbocycles. The number of non-ortho nitro benzene ring substituents is 1. The summed E-state index contributed by atoms with van der Waals surface area (Å²) in [6.07, 6.45) is -1.26. The molecular formula is C21H28N4O6S. The highest BCUT2D eigenvalue weighted by molar-refractivity contribution is 7.14. The van der Waals surface area contributed by atoms with Crippen molar-refractivity contribution >= 4 is 34.3 Å². The second-order valence-corrected chi connectivity index (χ2v) is 9.74. The Morgan fingerprint density at radius 2 is 1.88 bits per heavy atom. The minimum absolute atomic E-state index is 0.123. The van der Waals surface area contributed by atoms with Crippen LogP contribution >= 0.6 is 11.3 Å². The Labute approximate surface area is 190 Å². The van der Waals surface area contributed by atoms with Crippen molar-refractivity contribution in [3.8, 4) is 17.0 Å². The molecule has 1 heterocycles. The first-order valence-corrected chi connectivity index (χ1v) is 10.8. The number of carbonyl (C=O) groups is 2. The number of nitrogens with zero attached hydrogens (tertiary/aromatic N) is 3. The molecule has 0 bridgehead atoms. The van der Waals surface area contributed by atoms with Gasteiger partial charge in [0.05, 0.1) is 16.2 Å². The van der Waals surface area contributed by atoms with Gasteiger partial charge in [-0.2, -0.15) is 0 Å². The Hall–Kier alpha value is -3.21. The lowest BCUT2D eigenvalue weighted by Crippen LogP contribution is -2.46. The van der Waals surface area contributed by atoms with E-state index in [0.29, 0.717) is 12.2 Å². The van der Waals surface area contributed by atoms with Crippen LogP contribution in [-0.4, -0.2) is 44.7 Å². The van der Waals surface area contributed by atoms with Gasteiger partial charge in [0.15, 0.2) is 5.13 Å². The minimum atomic E-state index is -0.677. The monoisotopic (exact) mass is 464 g/mol. The van der Waals surface area contributed by atoms with Crippen molar-refractivity contribution < 1.29 is 24.0 Å². The minimum Gasteiger partial charge on any atom is -0.444 e. The number of nitro benzene ring substituents is 1. The van der Waals surface area contributed by atoms with Gasteiger partial charge in [-0.1, -0.05) is 0 Å². The molecule has 0 aliphatic heterocycles. The third-order valence-electron chi connectivity index (χ3n) is 4.11. The molecule has 0 atom stereocenters. The molecule has 10 nitrogen and oxygen atoms in total. The zero-order chi connectivity index (χ0) is 24.3. The Kier molecular flexibility index (Phi) is 7.45. The van der Waals surface area contributed by atoms with E-state index in [2.05, 4.69) is 10.3 Å². The molecule has 0 radical (unpaired) electrons. The predicted molar refractivity (Wildman–Crippen MR) is 122 cm³/mol. The van der Waals surface area contributed by atoms with Crippen LogP contribution in [0.1, 0.15) is 48.5 Å². The van der Waals surface area contributed by atoms with E-state index in [1.807, 2.05) is 27.7 Å². The van der Waals surface area contributed by atoms with Crippen LogP contribution in [0.3, 0.4) is 0 Å². The third-order valence-corrected chi connectivity index (χ3v) is 4.86. The fourth-order valence-electron chi connectivity index (χ4n) is 2.79. The van der Waals surface area contributed by atoms with E-state index < -0.39 is 28.2 Å². The second kappa shape index (κ2) is 9.51. The highest BCUT2D eigenvalue weighted by Gasteiger charge is 2.28. The molecule has 0 saturated carbocycles. The number of anilines is 1. The maximum absolute atomic E-state index is 12.8. The molecule has 1 aromatic heterocycles. The zero-order valence-electron chi connectivity index (χ0n) is 19.2. The lowest BCUT2D eigenvalue weighted by atomic mass is 10.1. The van der Waals surface area contributed by atoms with Gasteiger partial charge in [-0.3, -0.25) is 15.4 Å². The SMILES string of the molecule is CCN(C(=O)Oc1ccc([N+](=O)[O-])cc1-c1csc(NC(=O)OC(C)(C)C)n1)C(C)(C)C. The van der Waals surface area contributed by atoms with Crippen LogP contribution in [0.25, 0.3) is 11.3 Å². The summed E-state index contributed by atoms with van der Waals surface area (Å²) in [4.78, 5) is 41.3. The number of ether oxygens (including phenoxy) is 2. The quantitative estimate of drug-likeness (QED) is 0.445. The Morgan fingerprint density at radius 3 is 2.41 bits per heavy atom. The van der Waals surface area contributed by atoms with E-state index in [-0.39, 0.29) is 22.1 Å². The smallest absolute Gasteiger partial charge is 0.415 e. The van der Waals surface area contributed by atoms with Crippen molar-refractivity contribution in [1.29, 1.82) is 0 Å². The number of nitro groups is 1. The molecule has 11 heteroatoms. The largest absolute Gasteiger partial charge is 0.444 e. The summed E-state index contributed by atoms with van der Waals surface area (Å²) in [5.74, 6) is 0.123. The van der Waals surface area contributed by atoms with Crippen LogP contribution in [0.15, 0.2) is 23.6 Å². The van der Waals surface area contributed by atoms with Gasteiger partial charge in [0.2, 0.25) is 0 Å². The lowest BCUT2D eigenvalue weighted by molar-refractivity contribution is -0.384. The van der Waals surface area contributed by atoms with Crippen molar-refractivity contribution in [2.24, 2.45) is 0 Å². The first-order valence-electron chi connectivity index (χ1n) is 9.95. The van der Waals surface area contributed by atoms with Crippen molar-refractivity contribution in [2.75, 3.05) is 11.9 Å². The van der Waals surface area contributed by atoms with Crippen LogP contribution in [0.5, 0.6) is 5.75 Å². The van der Waals surface area contributed by atoms with Gasteiger partial charge in [0, 0.05) is 29.6 Å². The van der Waals surface area contributed by atoms with Crippen LogP contribution in [0.4, 0.5) is 20.4 Å². The van der Waals surface area contributed by atoms with Gasteiger partial charge in [0.1, 0.15) is 11.4 Å². The maximum Gasteiger partial charge on any atom is 0.415 e. The van der Waals surface area contributed by atoms with Crippen LogP contribution < -0.4 is 10.1 Å². The van der Waals surface area contributed by atoms with Crippen molar-refractivity contribution in [3.63, 3.8) is 0 Å². The Balaban J connectivity index is 2.37. The third kappa shape index (κ3) is 6.64. The summed E-state index contributed by atoms with van der Waals surface area (Å²) < 4.78 is 10.8.